The number of aromatic hydroxyl groups is 2. The van der Waals surface area contributed by atoms with Crippen molar-refractivity contribution in [2.45, 2.75) is 98.5 Å². The molecule has 4 heterocycles. The van der Waals surface area contributed by atoms with Crippen molar-refractivity contribution in [3.05, 3.63) is 72.3 Å². The highest BCUT2D eigenvalue weighted by atomic mass is 16.7. The molecule has 6 unspecified atom stereocenters. The lowest BCUT2D eigenvalue weighted by Crippen LogP contribution is -2.60. The van der Waals surface area contributed by atoms with Gasteiger partial charge in [0.25, 0.3) is 0 Å². The molecule has 7 rings (SSSR count). The summed E-state index contributed by atoms with van der Waals surface area (Å²) in [4.78, 5) is 35.7. The molecule has 0 radical (unpaired) electrons. The van der Waals surface area contributed by atoms with E-state index in [4.69, 9.17) is 47.4 Å². The Labute approximate surface area is 382 Å². The van der Waals surface area contributed by atoms with Gasteiger partial charge in [-0.15, -0.1) is 0 Å². The molecule has 4 aromatic rings. The molecule has 3 aliphatic rings. The minimum absolute atomic E-state index is 0.0410. The molecule has 1 aromatic heterocycles. The largest absolute Gasteiger partial charge is 0.508 e. The third kappa shape index (κ3) is 11.0. The van der Waals surface area contributed by atoms with Gasteiger partial charge < -0.3 is 104 Å². The number of phenols is 2. The number of aliphatic hydroxyl groups excluding tert-OH is 10. The van der Waals surface area contributed by atoms with E-state index in [2.05, 4.69) is 0 Å². The van der Waals surface area contributed by atoms with Crippen molar-refractivity contribution in [1.82, 2.24) is 0 Å². The van der Waals surface area contributed by atoms with Crippen LogP contribution in [0.15, 0.2) is 71.1 Å². The smallest absolute Gasteiger partial charge is 0.402 e. The van der Waals surface area contributed by atoms with Gasteiger partial charge in [0.15, 0.2) is 0 Å². The van der Waals surface area contributed by atoms with Crippen LogP contribution in [0.3, 0.4) is 0 Å². The molecule has 13 N–H and O–H groups in total. The molecule has 68 heavy (non-hydrogen) atoms. The van der Waals surface area contributed by atoms with Crippen molar-refractivity contribution in [3.63, 3.8) is 0 Å². The number of carbonyl (C=O) groups is 3. The van der Waals surface area contributed by atoms with Gasteiger partial charge >= 0.3 is 29.3 Å². The van der Waals surface area contributed by atoms with Crippen molar-refractivity contribution in [1.29, 1.82) is 0 Å². The Bertz CT molecular complexity index is 2400. The SMILES string of the molecule is O=C(O)CC(=O)OCC1O[C@@H](Oc2cc3c(O)cc(O[C@@H]4OC(COC(=O)c5ccc(O[C@@H]6OC(CO)[C@@H](O)[C@H](O)C6O)cc5)[C@@H](O)[C@H](O)C4O)cc3[o+]c2-c2ccc(O)cc2)C(O)[C@@H](O)[C@@H]1O. The number of aliphatic hydroxyl groups is 10. The number of esters is 2. The van der Waals surface area contributed by atoms with Gasteiger partial charge in [-0.05, 0) is 48.5 Å². The molecular weight excluding hydrogens is 916 g/mol. The number of aliphatic carboxylic acids is 1. The fraction of sp³-hybridized carbons (Fsp3) is 0.442. The third-order valence-electron chi connectivity index (χ3n) is 11.0. The Hall–Kier alpha value is -6.04. The second-order valence-corrected chi connectivity index (χ2v) is 15.8. The van der Waals surface area contributed by atoms with E-state index in [1.807, 2.05) is 0 Å². The maximum absolute atomic E-state index is 13.0. The van der Waals surface area contributed by atoms with Crippen molar-refractivity contribution in [3.8, 4) is 40.1 Å². The molecule has 15 atom stereocenters. The monoisotopic (exact) mass is 963 g/mol. The number of phenolic OH excluding ortho intramolecular Hbond substituents is 2. The van der Waals surface area contributed by atoms with Gasteiger partial charge in [0.2, 0.25) is 24.6 Å². The molecule has 368 valence electrons. The first-order chi connectivity index (χ1) is 32.3. The summed E-state index contributed by atoms with van der Waals surface area (Å²) in [6.45, 7) is -2.11. The number of carboxylic acids is 1. The summed E-state index contributed by atoms with van der Waals surface area (Å²) in [5.41, 5.74) is 0.0642. The van der Waals surface area contributed by atoms with Gasteiger partial charge in [0.05, 0.1) is 23.8 Å². The third-order valence-corrected chi connectivity index (χ3v) is 11.0. The number of carbonyl (C=O) groups excluding carboxylic acids is 2. The lowest BCUT2D eigenvalue weighted by Gasteiger charge is -2.39. The summed E-state index contributed by atoms with van der Waals surface area (Å²) < 4.78 is 50.2. The number of hydrogen-bond acceptors (Lipinski definition) is 23. The zero-order chi connectivity index (χ0) is 49.1. The zero-order valence-corrected chi connectivity index (χ0v) is 35.1. The van der Waals surface area contributed by atoms with E-state index in [9.17, 15) is 75.7 Å². The number of rotatable bonds is 15. The van der Waals surface area contributed by atoms with E-state index in [0.717, 1.165) is 6.07 Å². The number of carboxylic acid groups (broad SMARTS) is 1. The molecule has 0 amide bonds. The molecule has 25 heteroatoms. The Balaban J connectivity index is 1.05. The van der Waals surface area contributed by atoms with Gasteiger partial charge in [-0.2, -0.15) is 0 Å². The number of ether oxygens (including phenoxy) is 8. The minimum atomic E-state index is -1.94. The number of hydrogen-bond donors (Lipinski definition) is 13. The normalized spacial score (nSPS) is 31.6. The molecule has 0 saturated carbocycles. The quantitative estimate of drug-likeness (QED) is 0.0325. The van der Waals surface area contributed by atoms with Crippen LogP contribution in [0.1, 0.15) is 16.8 Å². The molecule has 3 aliphatic heterocycles. The molecule has 3 aromatic carbocycles. The highest BCUT2D eigenvalue weighted by Crippen LogP contribution is 2.42. The van der Waals surface area contributed by atoms with Crippen LogP contribution in [-0.2, 0) is 33.3 Å². The Kier molecular flexibility index (Phi) is 15.5. The van der Waals surface area contributed by atoms with Crippen LogP contribution in [0.2, 0.25) is 0 Å². The first-order valence-electron chi connectivity index (χ1n) is 20.6. The summed E-state index contributed by atoms with van der Waals surface area (Å²) in [5, 5.41) is 134. The van der Waals surface area contributed by atoms with Gasteiger partial charge in [-0.3, -0.25) is 9.59 Å². The lowest BCUT2D eigenvalue weighted by atomic mass is 9.99. The average Bonchev–Trinajstić information content (AvgIpc) is 3.31. The number of fused-ring (bicyclic) bond motifs is 1. The first-order valence-corrected chi connectivity index (χ1v) is 20.6. The van der Waals surface area contributed by atoms with E-state index in [1.165, 1.54) is 60.7 Å². The average molecular weight is 964 g/mol. The first kappa shape index (κ1) is 49.9. The van der Waals surface area contributed by atoms with Crippen LogP contribution in [-0.4, -0.2) is 196 Å². The summed E-state index contributed by atoms with van der Waals surface area (Å²) in [6.07, 6.45) is -26.6. The van der Waals surface area contributed by atoms with Crippen LogP contribution in [0.4, 0.5) is 0 Å². The van der Waals surface area contributed by atoms with E-state index in [0.29, 0.717) is 0 Å². The van der Waals surface area contributed by atoms with Crippen LogP contribution in [0, 0.1) is 0 Å². The molecule has 25 nitrogen and oxygen atoms in total. The highest BCUT2D eigenvalue weighted by molar-refractivity contribution is 5.90. The number of benzene rings is 3. The molecule has 0 aliphatic carbocycles. The summed E-state index contributed by atoms with van der Waals surface area (Å²) >= 11 is 0. The van der Waals surface area contributed by atoms with Gasteiger partial charge in [-0.25, -0.2) is 9.21 Å². The molecule has 0 spiro atoms. The van der Waals surface area contributed by atoms with Crippen molar-refractivity contribution >= 4 is 28.9 Å². The van der Waals surface area contributed by atoms with E-state index >= 15 is 0 Å². The van der Waals surface area contributed by atoms with Gasteiger partial charge in [0.1, 0.15) is 121 Å². The van der Waals surface area contributed by atoms with Crippen molar-refractivity contribution < 1.29 is 123 Å². The molecule has 0 bridgehead atoms. The van der Waals surface area contributed by atoms with E-state index < -0.39 is 142 Å². The Morgan fingerprint density at radius 1 is 0.574 bits per heavy atom. The molecule has 3 fully saturated rings. The fourth-order valence-corrected chi connectivity index (χ4v) is 7.26. The van der Waals surface area contributed by atoms with Gasteiger partial charge in [-0.1, -0.05) is 0 Å². The lowest BCUT2D eigenvalue weighted by molar-refractivity contribution is -0.278. The maximum atomic E-state index is 13.0. The standard InChI is InChI=1S/C43H46O25/c44-13-25-30(50)33(53)36(56)41(66-25)62-19-7-3-17(4-8-19)40(59)61-15-27-32(52)34(54)37(57)42(67-27)63-20-9-22(46)21-11-24(39(64-23(21)10-20)16-1-5-18(45)6-2-16)65-43-38(58)35(55)31(51)26(68-43)14-60-29(49)12-28(47)48/h1-11,25-27,30-38,41-44,50-58H,12-15H2,(H2-,45,46,47,48)/p+1/t25?,26?,27?,30-,31-,32-,33+,34+,35+,36?,37?,38?,41-,42-,43-/m1/s1. The van der Waals surface area contributed by atoms with Crippen LogP contribution < -0.4 is 14.2 Å². The van der Waals surface area contributed by atoms with E-state index in [-0.39, 0.29) is 50.9 Å². The Morgan fingerprint density at radius 3 is 1.65 bits per heavy atom. The van der Waals surface area contributed by atoms with Gasteiger partial charge in [0, 0.05) is 12.1 Å². The zero-order valence-electron chi connectivity index (χ0n) is 35.1. The fourth-order valence-electron chi connectivity index (χ4n) is 7.26. The summed E-state index contributed by atoms with van der Waals surface area (Å²) in [6, 6.07) is 14.0. The van der Waals surface area contributed by atoms with Crippen molar-refractivity contribution in [2.24, 2.45) is 0 Å². The minimum Gasteiger partial charge on any atom is -0.508 e. The second-order valence-electron chi connectivity index (χ2n) is 15.8. The second kappa shape index (κ2) is 21.1. The highest BCUT2D eigenvalue weighted by Gasteiger charge is 2.48. The predicted molar refractivity (Wildman–Crippen MR) is 218 cm³/mol. The summed E-state index contributed by atoms with van der Waals surface area (Å²) in [7, 11) is 0. The van der Waals surface area contributed by atoms with Crippen molar-refractivity contribution in [2.75, 3.05) is 19.8 Å². The van der Waals surface area contributed by atoms with E-state index in [1.54, 1.807) is 0 Å². The maximum Gasteiger partial charge on any atom is 0.402 e. The topological polar surface area (TPSA) is 399 Å². The van der Waals surface area contributed by atoms with Crippen LogP contribution in [0.5, 0.6) is 28.7 Å². The van der Waals surface area contributed by atoms with Crippen LogP contribution in [0.25, 0.3) is 22.3 Å². The Morgan fingerprint density at radius 2 is 1.09 bits per heavy atom. The summed E-state index contributed by atoms with van der Waals surface area (Å²) in [5.74, 6) is -4.87. The molecule has 3 saturated heterocycles. The molecular formula is C43H47O25+. The van der Waals surface area contributed by atoms with Crippen LogP contribution >= 0.6 is 0 Å². The predicted octanol–water partition coefficient (Wildman–Crippen LogP) is -2.78.